The molecule has 0 aliphatic carbocycles. The minimum Gasteiger partial charge on any atom is -0.329 e. The van der Waals surface area contributed by atoms with Crippen LogP contribution in [0.4, 0.5) is 0 Å². The van der Waals surface area contributed by atoms with Crippen molar-refractivity contribution in [2.45, 2.75) is 17.4 Å². The lowest BCUT2D eigenvalue weighted by Crippen LogP contribution is -2.32. The Morgan fingerprint density at radius 1 is 1.27 bits per heavy atom. The predicted molar refractivity (Wildman–Crippen MR) is 105 cm³/mol. The average Bonchev–Trinajstić information content (AvgIpc) is 2.60. The number of rotatable bonds is 5. The number of hydrogen-bond donors (Lipinski definition) is 2. The Kier molecular flexibility index (Phi) is 5.91. The summed E-state index contributed by atoms with van der Waals surface area (Å²) in [5.74, 6) is -0.00962. The van der Waals surface area contributed by atoms with Crippen molar-refractivity contribution >= 4 is 33.2 Å². The van der Waals surface area contributed by atoms with Crippen LogP contribution in [0.25, 0.3) is 0 Å². The molecule has 0 fully saturated rings. The van der Waals surface area contributed by atoms with Gasteiger partial charge in [0, 0.05) is 42.1 Å². The van der Waals surface area contributed by atoms with E-state index >= 15 is 0 Å². The van der Waals surface area contributed by atoms with Gasteiger partial charge in [-0.25, -0.2) is 13.1 Å². The van der Waals surface area contributed by atoms with Crippen LogP contribution in [0.2, 0.25) is 10.0 Å². The number of nitrogens with zero attached hydrogens (tertiary/aromatic N) is 1. The van der Waals surface area contributed by atoms with Crippen LogP contribution in [-0.2, 0) is 16.6 Å². The molecule has 3 N–H and O–H groups in total. The fourth-order valence-corrected chi connectivity index (χ4v) is 4.98. The molecule has 8 heteroatoms. The number of nitrogens with one attached hydrogen (secondary N) is 1. The monoisotopic (exact) mass is 413 g/mol. The summed E-state index contributed by atoms with van der Waals surface area (Å²) in [6.45, 7) is 1.94. The van der Waals surface area contributed by atoms with Gasteiger partial charge in [-0.05, 0) is 48.0 Å². The molecule has 0 saturated heterocycles. The summed E-state index contributed by atoms with van der Waals surface area (Å²) in [6.07, 6.45) is 0. The second kappa shape index (κ2) is 7.84. The van der Waals surface area contributed by atoms with Crippen LogP contribution in [-0.4, -0.2) is 40.0 Å². The summed E-state index contributed by atoms with van der Waals surface area (Å²) in [6, 6.07) is 10.7. The minimum atomic E-state index is -3.59. The molecule has 5 nitrogen and oxygen atoms in total. The third-order valence-electron chi connectivity index (χ3n) is 4.50. The van der Waals surface area contributed by atoms with Gasteiger partial charge in [0.05, 0.1) is 4.90 Å². The van der Waals surface area contributed by atoms with Crippen LogP contribution in [0.3, 0.4) is 0 Å². The first-order valence-corrected chi connectivity index (χ1v) is 10.5. The van der Waals surface area contributed by atoms with E-state index in [2.05, 4.69) is 9.62 Å². The SMILES string of the molecule is CN1Cc2c(Cl)cc(Cl)cc2C(c2cccc(S(=O)(=O)NCCN)c2)C1. The van der Waals surface area contributed by atoms with Crippen LogP contribution >= 0.6 is 23.2 Å². The van der Waals surface area contributed by atoms with E-state index in [0.29, 0.717) is 10.0 Å². The van der Waals surface area contributed by atoms with Crippen LogP contribution < -0.4 is 10.5 Å². The van der Waals surface area contributed by atoms with Gasteiger partial charge in [-0.1, -0.05) is 35.3 Å². The lowest BCUT2D eigenvalue weighted by Gasteiger charge is -2.33. The first-order chi connectivity index (χ1) is 12.3. The zero-order valence-corrected chi connectivity index (χ0v) is 16.7. The molecule has 0 amide bonds. The highest BCUT2D eigenvalue weighted by molar-refractivity contribution is 7.89. The Hall–Kier alpha value is -1.15. The van der Waals surface area contributed by atoms with Crippen molar-refractivity contribution in [3.05, 3.63) is 63.1 Å². The first-order valence-electron chi connectivity index (χ1n) is 8.28. The fourth-order valence-electron chi connectivity index (χ4n) is 3.31. The number of halogens is 2. The van der Waals surface area contributed by atoms with Crippen molar-refractivity contribution in [3.63, 3.8) is 0 Å². The number of likely N-dealkylation sites (N-methyl/N-ethyl adjacent to an activating group) is 1. The second-order valence-corrected chi connectivity index (χ2v) is 9.07. The molecule has 0 saturated carbocycles. The highest BCUT2D eigenvalue weighted by atomic mass is 35.5. The molecule has 2 aromatic rings. The lowest BCUT2D eigenvalue weighted by molar-refractivity contribution is 0.295. The zero-order chi connectivity index (χ0) is 18.9. The molecule has 26 heavy (non-hydrogen) atoms. The molecule has 1 aliphatic heterocycles. The molecule has 1 atom stereocenters. The van der Waals surface area contributed by atoms with Crippen molar-refractivity contribution in [2.24, 2.45) is 5.73 Å². The smallest absolute Gasteiger partial charge is 0.240 e. The van der Waals surface area contributed by atoms with Gasteiger partial charge in [0.15, 0.2) is 0 Å². The lowest BCUT2D eigenvalue weighted by atomic mass is 9.85. The highest BCUT2D eigenvalue weighted by Gasteiger charge is 2.28. The van der Waals surface area contributed by atoms with Gasteiger partial charge in [0.2, 0.25) is 10.0 Å². The number of nitrogens with two attached hydrogens (primary N) is 1. The van der Waals surface area contributed by atoms with Crippen LogP contribution in [0.15, 0.2) is 41.3 Å². The number of sulfonamides is 1. The average molecular weight is 414 g/mol. The van der Waals surface area contributed by atoms with E-state index in [0.717, 1.165) is 29.8 Å². The van der Waals surface area contributed by atoms with Crippen molar-refractivity contribution in [3.8, 4) is 0 Å². The Balaban J connectivity index is 2.04. The van der Waals surface area contributed by atoms with E-state index < -0.39 is 10.0 Å². The molecule has 2 aromatic carbocycles. The van der Waals surface area contributed by atoms with Crippen molar-refractivity contribution in [1.29, 1.82) is 0 Å². The molecule has 1 heterocycles. The molecule has 1 unspecified atom stereocenters. The third-order valence-corrected chi connectivity index (χ3v) is 6.51. The maximum Gasteiger partial charge on any atom is 0.240 e. The Morgan fingerprint density at radius 3 is 2.77 bits per heavy atom. The maximum absolute atomic E-state index is 12.4. The quantitative estimate of drug-likeness (QED) is 0.789. The van der Waals surface area contributed by atoms with Crippen LogP contribution in [0, 0.1) is 0 Å². The molecule has 0 spiro atoms. The van der Waals surface area contributed by atoms with E-state index in [4.69, 9.17) is 28.9 Å². The summed E-state index contributed by atoms with van der Waals surface area (Å²) < 4.78 is 27.3. The van der Waals surface area contributed by atoms with E-state index in [1.807, 2.05) is 19.2 Å². The molecular formula is C18H21Cl2N3O2S. The summed E-state index contributed by atoms with van der Waals surface area (Å²) in [7, 11) is -1.57. The van der Waals surface area contributed by atoms with E-state index in [1.54, 1.807) is 24.3 Å². The van der Waals surface area contributed by atoms with Gasteiger partial charge in [-0.15, -0.1) is 0 Å². The molecule has 0 bridgehead atoms. The topological polar surface area (TPSA) is 75.4 Å². The normalized spacial score (nSPS) is 17.9. The molecule has 1 aliphatic rings. The zero-order valence-electron chi connectivity index (χ0n) is 14.4. The second-order valence-electron chi connectivity index (χ2n) is 6.46. The number of benzene rings is 2. The van der Waals surface area contributed by atoms with Gasteiger partial charge in [0.25, 0.3) is 0 Å². The van der Waals surface area contributed by atoms with Crippen molar-refractivity contribution in [2.75, 3.05) is 26.7 Å². The van der Waals surface area contributed by atoms with Gasteiger partial charge in [-0.3, -0.25) is 0 Å². The van der Waals surface area contributed by atoms with Crippen molar-refractivity contribution in [1.82, 2.24) is 9.62 Å². The minimum absolute atomic E-state index is 0.00962. The van der Waals surface area contributed by atoms with Crippen LogP contribution in [0.5, 0.6) is 0 Å². The van der Waals surface area contributed by atoms with E-state index in [9.17, 15) is 8.42 Å². The van der Waals surface area contributed by atoms with Crippen molar-refractivity contribution < 1.29 is 8.42 Å². The predicted octanol–water partition coefficient (Wildman–Crippen LogP) is 2.81. The Labute approximate surface area is 164 Å². The molecule has 3 rings (SSSR count). The Bertz CT molecular complexity index is 919. The highest BCUT2D eigenvalue weighted by Crippen LogP contribution is 2.38. The van der Waals surface area contributed by atoms with Gasteiger partial charge in [-0.2, -0.15) is 0 Å². The summed E-state index contributed by atoms with van der Waals surface area (Å²) in [5, 5.41) is 1.22. The molecule has 0 radical (unpaired) electrons. The van der Waals surface area contributed by atoms with Gasteiger partial charge < -0.3 is 10.6 Å². The fraction of sp³-hybridized carbons (Fsp3) is 0.333. The molecule has 0 aromatic heterocycles. The molecule has 140 valence electrons. The van der Waals surface area contributed by atoms with E-state index in [1.165, 1.54) is 0 Å². The third kappa shape index (κ3) is 4.06. The van der Waals surface area contributed by atoms with E-state index in [-0.39, 0.29) is 23.9 Å². The largest absolute Gasteiger partial charge is 0.329 e. The summed E-state index contributed by atoms with van der Waals surface area (Å²) >= 11 is 12.6. The van der Waals surface area contributed by atoms with Gasteiger partial charge in [0.1, 0.15) is 0 Å². The number of hydrogen-bond acceptors (Lipinski definition) is 4. The van der Waals surface area contributed by atoms with Gasteiger partial charge >= 0.3 is 0 Å². The van der Waals surface area contributed by atoms with Crippen LogP contribution in [0.1, 0.15) is 22.6 Å². The standard InChI is InChI=1S/C18H21Cl2N3O2S/c1-23-10-16(15-8-13(19)9-18(20)17(15)11-23)12-3-2-4-14(7-12)26(24,25)22-6-5-21/h2-4,7-9,16,22H,5-6,10-11,21H2,1H3. The maximum atomic E-state index is 12.4. The molecular weight excluding hydrogens is 393 g/mol. The first kappa shape index (κ1) is 19.6. The summed E-state index contributed by atoms with van der Waals surface area (Å²) in [4.78, 5) is 2.40. The Morgan fingerprint density at radius 2 is 2.04 bits per heavy atom. The number of fused-ring (bicyclic) bond motifs is 1. The summed E-state index contributed by atoms with van der Waals surface area (Å²) in [5.41, 5.74) is 8.39.